The third kappa shape index (κ3) is 7.86. The number of hydrogen-bond donors (Lipinski definition) is 1. The third-order valence-corrected chi connectivity index (χ3v) is 7.28. The number of benzene rings is 2. The number of halogens is 1. The molecule has 0 spiro atoms. The van der Waals surface area contributed by atoms with Crippen LogP contribution in [0, 0.1) is 12.8 Å². The van der Waals surface area contributed by atoms with E-state index in [1.807, 2.05) is 26.8 Å². The molecule has 1 N–H and O–H groups in total. The lowest BCUT2D eigenvalue weighted by Gasteiger charge is -2.33. The lowest BCUT2D eigenvalue weighted by atomic mass is 10.1. The monoisotopic (exact) mass is 537 g/mol. The van der Waals surface area contributed by atoms with Crippen molar-refractivity contribution in [3.05, 3.63) is 58.6 Å². The maximum atomic E-state index is 13.7. The average molecular weight is 538 g/mol. The van der Waals surface area contributed by atoms with Crippen LogP contribution in [0.25, 0.3) is 0 Å². The van der Waals surface area contributed by atoms with Crippen LogP contribution >= 0.6 is 11.6 Å². The molecule has 2 aromatic carbocycles. The highest BCUT2D eigenvalue weighted by molar-refractivity contribution is 7.92. The van der Waals surface area contributed by atoms with E-state index in [0.717, 1.165) is 16.1 Å². The number of hydrogen-bond acceptors (Lipinski definition) is 5. The van der Waals surface area contributed by atoms with Gasteiger partial charge in [0.15, 0.2) is 0 Å². The Bertz CT molecular complexity index is 1170. The van der Waals surface area contributed by atoms with Crippen molar-refractivity contribution < 1.29 is 22.7 Å². The first-order valence-electron chi connectivity index (χ1n) is 11.8. The van der Waals surface area contributed by atoms with Crippen LogP contribution in [0.4, 0.5) is 5.69 Å². The quantitative estimate of drug-likeness (QED) is 0.441. The normalized spacial score (nSPS) is 12.2. The second-order valence-corrected chi connectivity index (χ2v) is 11.4. The summed E-state index contributed by atoms with van der Waals surface area (Å²) in [4.78, 5) is 28.3. The summed E-state index contributed by atoms with van der Waals surface area (Å²) in [6.45, 7) is 7.58. The van der Waals surface area contributed by atoms with Gasteiger partial charge in [-0.05, 0) is 54.7 Å². The van der Waals surface area contributed by atoms with E-state index < -0.39 is 28.5 Å². The summed E-state index contributed by atoms with van der Waals surface area (Å²) >= 11 is 6.24. The zero-order valence-corrected chi connectivity index (χ0v) is 23.3. The van der Waals surface area contributed by atoms with Crippen LogP contribution in [-0.2, 0) is 26.2 Å². The molecule has 0 aliphatic carbocycles. The van der Waals surface area contributed by atoms with Gasteiger partial charge in [0, 0.05) is 18.1 Å². The number of nitrogens with one attached hydrogen (secondary N) is 1. The Morgan fingerprint density at radius 1 is 1.14 bits per heavy atom. The Morgan fingerprint density at radius 2 is 1.81 bits per heavy atom. The van der Waals surface area contributed by atoms with Crippen molar-refractivity contribution in [2.45, 2.75) is 46.7 Å². The van der Waals surface area contributed by atoms with Crippen molar-refractivity contribution in [2.75, 3.05) is 30.8 Å². The van der Waals surface area contributed by atoms with E-state index >= 15 is 0 Å². The second kappa shape index (κ2) is 13.0. The summed E-state index contributed by atoms with van der Waals surface area (Å²) in [6.07, 6.45) is 1.40. The maximum Gasteiger partial charge on any atom is 0.244 e. The molecule has 2 amide bonds. The summed E-state index contributed by atoms with van der Waals surface area (Å²) in [5, 5.41) is 3.29. The summed E-state index contributed by atoms with van der Waals surface area (Å²) in [5.74, 6) is 0.0616. The topological polar surface area (TPSA) is 96.0 Å². The van der Waals surface area contributed by atoms with Crippen LogP contribution in [0.15, 0.2) is 42.5 Å². The van der Waals surface area contributed by atoms with Gasteiger partial charge in [0.1, 0.15) is 18.3 Å². The van der Waals surface area contributed by atoms with Crippen LogP contribution in [0.3, 0.4) is 0 Å². The maximum absolute atomic E-state index is 13.7. The molecule has 10 heteroatoms. The molecule has 0 heterocycles. The molecule has 0 bridgehead atoms. The summed E-state index contributed by atoms with van der Waals surface area (Å²) in [5.41, 5.74) is 1.61. The SMILES string of the molecule is CC[C@H](C(=O)NCC(C)C)N(Cc1cccc(OC)c1)C(=O)CN(c1cccc(Cl)c1C)S(C)(=O)=O. The van der Waals surface area contributed by atoms with E-state index in [1.165, 1.54) is 4.90 Å². The molecule has 36 heavy (non-hydrogen) atoms. The predicted molar refractivity (Wildman–Crippen MR) is 144 cm³/mol. The number of rotatable bonds is 12. The highest BCUT2D eigenvalue weighted by atomic mass is 35.5. The smallest absolute Gasteiger partial charge is 0.244 e. The first kappa shape index (κ1) is 29.5. The van der Waals surface area contributed by atoms with E-state index in [0.29, 0.717) is 35.0 Å². The Balaban J connectivity index is 2.48. The molecule has 0 saturated heterocycles. The summed E-state index contributed by atoms with van der Waals surface area (Å²) in [7, 11) is -2.29. The number of methoxy groups -OCH3 is 1. The molecule has 0 radical (unpaired) electrons. The van der Waals surface area contributed by atoms with Crippen molar-refractivity contribution in [3.8, 4) is 5.75 Å². The molecule has 198 valence electrons. The lowest BCUT2D eigenvalue weighted by Crippen LogP contribution is -2.52. The molecule has 2 aromatic rings. The van der Waals surface area contributed by atoms with Gasteiger partial charge in [-0.3, -0.25) is 13.9 Å². The minimum atomic E-state index is -3.84. The lowest BCUT2D eigenvalue weighted by molar-refractivity contribution is -0.140. The van der Waals surface area contributed by atoms with Gasteiger partial charge in [0.25, 0.3) is 0 Å². The minimum absolute atomic E-state index is 0.107. The van der Waals surface area contributed by atoms with E-state index in [2.05, 4.69) is 5.32 Å². The molecule has 1 atom stereocenters. The number of nitrogens with zero attached hydrogens (tertiary/aromatic N) is 2. The zero-order chi connectivity index (χ0) is 27.0. The third-order valence-electron chi connectivity index (χ3n) is 5.74. The first-order valence-corrected chi connectivity index (χ1v) is 14.0. The fourth-order valence-electron chi connectivity index (χ4n) is 3.77. The van der Waals surface area contributed by atoms with Gasteiger partial charge in [0.05, 0.1) is 19.1 Å². The largest absolute Gasteiger partial charge is 0.497 e. The summed E-state index contributed by atoms with van der Waals surface area (Å²) in [6, 6.07) is 11.3. The van der Waals surface area contributed by atoms with Crippen molar-refractivity contribution in [1.29, 1.82) is 0 Å². The van der Waals surface area contributed by atoms with Gasteiger partial charge in [-0.25, -0.2) is 8.42 Å². The molecule has 8 nitrogen and oxygen atoms in total. The van der Waals surface area contributed by atoms with Gasteiger partial charge >= 0.3 is 0 Å². The number of ether oxygens (including phenoxy) is 1. The number of sulfonamides is 1. The molecule has 0 unspecified atom stereocenters. The van der Waals surface area contributed by atoms with Crippen molar-refractivity contribution in [3.63, 3.8) is 0 Å². The molecule has 0 fully saturated rings. The van der Waals surface area contributed by atoms with Gasteiger partial charge in [0.2, 0.25) is 21.8 Å². The van der Waals surface area contributed by atoms with E-state index in [9.17, 15) is 18.0 Å². The predicted octanol–water partition coefficient (Wildman–Crippen LogP) is 4.00. The fraction of sp³-hybridized carbons (Fsp3) is 0.462. The Kier molecular flexibility index (Phi) is 10.6. The van der Waals surface area contributed by atoms with E-state index in [-0.39, 0.29) is 18.4 Å². The van der Waals surface area contributed by atoms with Crippen LogP contribution in [0.1, 0.15) is 38.3 Å². The molecule has 0 saturated carbocycles. The molecule has 0 aliphatic heterocycles. The summed E-state index contributed by atoms with van der Waals surface area (Å²) < 4.78 is 31.9. The van der Waals surface area contributed by atoms with E-state index in [1.54, 1.807) is 50.4 Å². The van der Waals surface area contributed by atoms with Gasteiger partial charge < -0.3 is 15.0 Å². The number of anilines is 1. The molecule has 2 rings (SSSR count). The van der Waals surface area contributed by atoms with E-state index in [4.69, 9.17) is 16.3 Å². The molecule has 0 aliphatic rings. The highest BCUT2D eigenvalue weighted by Gasteiger charge is 2.32. The molecular weight excluding hydrogens is 502 g/mol. The Morgan fingerprint density at radius 3 is 2.39 bits per heavy atom. The highest BCUT2D eigenvalue weighted by Crippen LogP contribution is 2.28. The number of amides is 2. The molecular formula is C26H36ClN3O5S. The van der Waals surface area contributed by atoms with Crippen molar-refractivity contribution >= 4 is 39.1 Å². The van der Waals surface area contributed by atoms with Crippen LogP contribution in [-0.4, -0.2) is 57.6 Å². The van der Waals surface area contributed by atoms with Crippen LogP contribution in [0.5, 0.6) is 5.75 Å². The van der Waals surface area contributed by atoms with Crippen molar-refractivity contribution in [1.82, 2.24) is 10.2 Å². The number of carbonyl (C=O) groups is 2. The van der Waals surface area contributed by atoms with Crippen LogP contribution in [0.2, 0.25) is 5.02 Å². The van der Waals surface area contributed by atoms with Gasteiger partial charge in [-0.1, -0.05) is 50.6 Å². The fourth-order valence-corrected chi connectivity index (χ4v) is 4.84. The average Bonchev–Trinajstić information content (AvgIpc) is 2.82. The van der Waals surface area contributed by atoms with Gasteiger partial charge in [-0.2, -0.15) is 0 Å². The zero-order valence-electron chi connectivity index (χ0n) is 21.7. The minimum Gasteiger partial charge on any atom is -0.497 e. The van der Waals surface area contributed by atoms with Crippen LogP contribution < -0.4 is 14.4 Å². The molecule has 0 aromatic heterocycles. The van der Waals surface area contributed by atoms with Crippen molar-refractivity contribution in [2.24, 2.45) is 5.92 Å². The van der Waals surface area contributed by atoms with Gasteiger partial charge in [-0.15, -0.1) is 0 Å². The standard InChI is InChI=1S/C26H36ClN3O5S/c1-7-23(26(32)28-15-18(2)3)29(16-20-10-8-11-21(14-20)35-5)25(31)17-30(36(6,33)34)24-13-9-12-22(27)19(24)4/h8-14,18,23H,7,15-17H2,1-6H3,(H,28,32)/t23-/m1/s1. The Hall–Kier alpha value is -2.78. The second-order valence-electron chi connectivity index (χ2n) is 9.09. The first-order chi connectivity index (χ1) is 16.9. The Labute approximate surface area is 219 Å². The number of carbonyl (C=O) groups excluding carboxylic acids is 2.